The first kappa shape index (κ1) is 22.1. The van der Waals surface area contributed by atoms with Crippen molar-refractivity contribution in [3.63, 3.8) is 0 Å². The van der Waals surface area contributed by atoms with E-state index in [1.54, 1.807) is 6.20 Å². The molecule has 0 saturated heterocycles. The topological polar surface area (TPSA) is 145 Å². The van der Waals surface area contributed by atoms with Gasteiger partial charge < -0.3 is 20.4 Å². The fourth-order valence-electron chi connectivity index (χ4n) is 3.00. The lowest BCUT2D eigenvalue weighted by molar-refractivity contribution is -0.0906. The summed E-state index contributed by atoms with van der Waals surface area (Å²) in [6.45, 7) is 3.64. The van der Waals surface area contributed by atoms with Gasteiger partial charge in [-0.3, -0.25) is 0 Å². The van der Waals surface area contributed by atoms with Crippen LogP contribution < -0.4 is 10.6 Å². The molecule has 0 aliphatic rings. The number of imidazole rings is 1. The summed E-state index contributed by atoms with van der Waals surface area (Å²) in [7, 11) is 0. The normalized spacial score (nSPS) is 12.1. The second kappa shape index (κ2) is 8.82. The number of alkyl halides is 3. The quantitative estimate of drug-likeness (QED) is 0.279. The van der Waals surface area contributed by atoms with Crippen molar-refractivity contribution in [3.8, 4) is 11.9 Å². The Morgan fingerprint density at radius 2 is 1.79 bits per heavy atom. The summed E-state index contributed by atoms with van der Waals surface area (Å²) in [5.41, 5.74) is -1.71. The Morgan fingerprint density at radius 3 is 2.44 bits per heavy atom. The Labute approximate surface area is 189 Å². The van der Waals surface area contributed by atoms with Crippen molar-refractivity contribution in [2.75, 3.05) is 10.6 Å². The zero-order valence-corrected chi connectivity index (χ0v) is 17.1. The third-order valence-corrected chi connectivity index (χ3v) is 4.47. The highest BCUT2D eigenvalue weighted by atomic mass is 19.4. The van der Waals surface area contributed by atoms with E-state index < -0.39 is 17.4 Å². The zero-order valence-electron chi connectivity index (χ0n) is 17.1. The van der Waals surface area contributed by atoms with Gasteiger partial charge in [-0.1, -0.05) is 6.58 Å². The predicted molar refractivity (Wildman–Crippen MR) is 115 cm³/mol. The van der Waals surface area contributed by atoms with E-state index in [1.165, 1.54) is 47.6 Å². The molecule has 0 aliphatic carbocycles. The van der Waals surface area contributed by atoms with Gasteiger partial charge in [0.15, 0.2) is 17.3 Å². The van der Waals surface area contributed by atoms with E-state index in [9.17, 15) is 18.4 Å². The molecule has 0 aliphatic heterocycles. The van der Waals surface area contributed by atoms with Gasteiger partial charge in [-0.2, -0.15) is 28.6 Å². The second-order valence-electron chi connectivity index (χ2n) is 6.62. The predicted octanol–water partition coefficient (Wildman–Crippen LogP) is 3.08. The summed E-state index contributed by atoms with van der Waals surface area (Å²) in [5, 5.41) is 29.8. The molecule has 0 unspecified atom stereocenters. The fourth-order valence-corrected chi connectivity index (χ4v) is 3.00. The molecule has 4 rings (SSSR count). The molecular weight excluding hydrogens is 451 g/mol. The summed E-state index contributed by atoms with van der Waals surface area (Å²) in [4.78, 5) is 13.2. The highest BCUT2D eigenvalue weighted by molar-refractivity contribution is 5.87. The van der Waals surface area contributed by atoms with Crippen LogP contribution in [0.5, 0.6) is 0 Å². The van der Waals surface area contributed by atoms with Crippen molar-refractivity contribution in [1.82, 2.24) is 34.3 Å². The van der Waals surface area contributed by atoms with Crippen molar-refractivity contribution in [2.45, 2.75) is 6.18 Å². The third kappa shape index (κ3) is 4.30. The molecule has 0 spiro atoms. The number of rotatable bonds is 7. The number of nitrogens with zero attached hydrogens (tertiary/aromatic N) is 8. The Hall–Kier alpha value is -5.06. The summed E-state index contributed by atoms with van der Waals surface area (Å²) in [6, 6.07) is 3.29. The first-order valence-electron chi connectivity index (χ1n) is 9.41. The minimum Gasteiger partial charge on any atom is -0.354 e. The third-order valence-electron chi connectivity index (χ3n) is 4.47. The minimum absolute atomic E-state index is 0.0683. The van der Waals surface area contributed by atoms with E-state index in [0.29, 0.717) is 6.21 Å². The van der Waals surface area contributed by atoms with E-state index in [2.05, 4.69) is 42.4 Å². The minimum atomic E-state index is -4.88. The van der Waals surface area contributed by atoms with Gasteiger partial charge in [0.25, 0.3) is 0 Å². The molecule has 0 atom stereocenters. The maximum Gasteiger partial charge on any atom is 0.432 e. The molecule has 34 heavy (non-hydrogen) atoms. The summed E-state index contributed by atoms with van der Waals surface area (Å²) in [5.74, 6) is -0.0144. The average molecular weight is 465 g/mol. The SMILES string of the molecule is C=C(Nc1cnc(-n2nccn2)c(C#N)c1)/C(C=N)=C(/Nc1nccn2ccnc12)C(F)(F)F. The number of pyridine rings is 1. The van der Waals surface area contributed by atoms with Crippen molar-refractivity contribution in [3.05, 3.63) is 78.6 Å². The molecule has 11 nitrogen and oxygen atoms in total. The van der Waals surface area contributed by atoms with Crippen LogP contribution in [0.25, 0.3) is 11.5 Å². The average Bonchev–Trinajstić information content (AvgIpc) is 3.50. The van der Waals surface area contributed by atoms with Gasteiger partial charge in [0.05, 0.1) is 24.3 Å². The standard InChI is InChI=1S/C20H14F3N11/c1-12(31-14-8-13(9-24)18(28-11-14)34-29-2-3-30-34)15(10-25)16(20(21,22)23)32-17-19-27-5-7-33(19)6-4-26-17/h2-8,10-11,25,31H,1H2,(H,26,32)/b16-15+,25-10?. The molecule has 0 bridgehead atoms. The number of anilines is 2. The van der Waals surface area contributed by atoms with E-state index in [-0.39, 0.29) is 34.2 Å². The number of nitriles is 1. The summed E-state index contributed by atoms with van der Waals surface area (Å²) < 4.78 is 43.4. The maximum absolute atomic E-state index is 14.0. The molecule has 170 valence electrons. The molecule has 4 aromatic heterocycles. The van der Waals surface area contributed by atoms with Gasteiger partial charge in [0.2, 0.25) is 0 Å². The first-order chi connectivity index (χ1) is 16.3. The lowest BCUT2D eigenvalue weighted by Gasteiger charge is -2.19. The van der Waals surface area contributed by atoms with Crippen LogP contribution in [0.1, 0.15) is 5.56 Å². The number of halogens is 3. The Morgan fingerprint density at radius 1 is 1.09 bits per heavy atom. The van der Waals surface area contributed by atoms with Gasteiger partial charge >= 0.3 is 6.18 Å². The van der Waals surface area contributed by atoms with Crippen LogP contribution in [0.2, 0.25) is 0 Å². The van der Waals surface area contributed by atoms with Crippen LogP contribution in [0, 0.1) is 16.7 Å². The highest BCUT2D eigenvalue weighted by Gasteiger charge is 2.38. The van der Waals surface area contributed by atoms with E-state index >= 15 is 0 Å². The summed E-state index contributed by atoms with van der Waals surface area (Å²) in [6.07, 6.45) is 5.53. The number of aromatic nitrogens is 7. The number of allylic oxidation sites excluding steroid dienone is 2. The maximum atomic E-state index is 14.0. The monoisotopic (exact) mass is 465 g/mol. The molecule has 4 heterocycles. The molecule has 0 aromatic carbocycles. The molecular formula is C20H14F3N11. The molecule has 4 aromatic rings. The van der Waals surface area contributed by atoms with E-state index in [4.69, 9.17) is 5.41 Å². The lowest BCUT2D eigenvalue weighted by Crippen LogP contribution is -2.24. The number of hydrogen-bond acceptors (Lipinski definition) is 9. The highest BCUT2D eigenvalue weighted by Crippen LogP contribution is 2.32. The van der Waals surface area contributed by atoms with Gasteiger partial charge in [-0.25, -0.2) is 15.0 Å². The smallest absolute Gasteiger partial charge is 0.354 e. The molecule has 0 radical (unpaired) electrons. The number of nitrogens with one attached hydrogen (secondary N) is 3. The van der Waals surface area contributed by atoms with Crippen LogP contribution in [0.15, 0.2) is 73.0 Å². The molecule has 0 amide bonds. The Kier molecular flexibility index (Phi) is 5.75. The fraction of sp³-hybridized carbons (Fsp3) is 0.0500. The van der Waals surface area contributed by atoms with Crippen LogP contribution in [-0.4, -0.2) is 46.7 Å². The number of fused-ring (bicyclic) bond motifs is 1. The Bertz CT molecular complexity index is 1440. The van der Waals surface area contributed by atoms with Crippen molar-refractivity contribution in [2.24, 2.45) is 0 Å². The van der Waals surface area contributed by atoms with Gasteiger partial charge in [-0.05, 0) is 6.07 Å². The van der Waals surface area contributed by atoms with Crippen molar-refractivity contribution in [1.29, 1.82) is 10.7 Å². The van der Waals surface area contributed by atoms with Crippen molar-refractivity contribution < 1.29 is 13.2 Å². The van der Waals surface area contributed by atoms with Crippen LogP contribution in [0.4, 0.5) is 24.7 Å². The van der Waals surface area contributed by atoms with Crippen molar-refractivity contribution >= 4 is 23.4 Å². The molecule has 0 saturated carbocycles. The van der Waals surface area contributed by atoms with Crippen LogP contribution in [-0.2, 0) is 0 Å². The first-order valence-corrected chi connectivity index (χ1v) is 9.41. The van der Waals surface area contributed by atoms with E-state index in [1.807, 2.05) is 6.07 Å². The lowest BCUT2D eigenvalue weighted by atomic mass is 10.1. The molecule has 0 fully saturated rings. The van der Waals surface area contributed by atoms with E-state index in [0.717, 1.165) is 4.80 Å². The van der Waals surface area contributed by atoms with Gasteiger partial charge in [-0.15, -0.1) is 4.80 Å². The van der Waals surface area contributed by atoms with Crippen LogP contribution in [0.3, 0.4) is 0 Å². The summed E-state index contributed by atoms with van der Waals surface area (Å²) >= 11 is 0. The van der Waals surface area contributed by atoms with Crippen LogP contribution >= 0.6 is 0 Å². The van der Waals surface area contributed by atoms with Gasteiger partial charge in [0.1, 0.15) is 17.3 Å². The largest absolute Gasteiger partial charge is 0.432 e. The zero-order chi connectivity index (χ0) is 24.3. The Balaban J connectivity index is 1.69. The number of hydrogen-bond donors (Lipinski definition) is 3. The molecule has 3 N–H and O–H groups in total. The van der Waals surface area contributed by atoms with Gasteiger partial charge in [0, 0.05) is 42.3 Å². The second-order valence-corrected chi connectivity index (χ2v) is 6.62. The molecule has 14 heteroatoms.